The topological polar surface area (TPSA) is 78.9 Å². The number of amides is 2. The fourth-order valence-corrected chi connectivity index (χ4v) is 2.26. The Labute approximate surface area is 120 Å². The van der Waals surface area contributed by atoms with Gasteiger partial charge >= 0.3 is 0 Å². The Hall–Kier alpha value is -1.14. The molecule has 1 aliphatic rings. The summed E-state index contributed by atoms with van der Waals surface area (Å²) in [6.07, 6.45) is 1.42. The third kappa shape index (κ3) is 4.45. The Balaban J connectivity index is 2.43. The van der Waals surface area contributed by atoms with Crippen LogP contribution in [0.3, 0.4) is 0 Å². The van der Waals surface area contributed by atoms with Crippen LogP contribution < -0.4 is 5.32 Å². The minimum Gasteiger partial charge on any atom is -0.388 e. The van der Waals surface area contributed by atoms with Gasteiger partial charge in [0.1, 0.15) is 0 Å². The van der Waals surface area contributed by atoms with Crippen molar-refractivity contribution in [2.24, 2.45) is 5.92 Å². The van der Waals surface area contributed by atoms with Crippen LogP contribution in [0, 0.1) is 5.92 Å². The van der Waals surface area contributed by atoms with Crippen molar-refractivity contribution < 1.29 is 19.4 Å². The van der Waals surface area contributed by atoms with E-state index in [1.807, 2.05) is 13.8 Å². The molecule has 1 saturated heterocycles. The second-order valence-corrected chi connectivity index (χ2v) is 5.38. The highest BCUT2D eigenvalue weighted by Crippen LogP contribution is 2.18. The number of likely N-dealkylation sites (tertiary alicyclic amines) is 1. The molecule has 1 fully saturated rings. The molecule has 0 aromatic heterocycles. The van der Waals surface area contributed by atoms with E-state index in [1.54, 1.807) is 12.0 Å². The Morgan fingerprint density at radius 2 is 2.15 bits per heavy atom. The highest BCUT2D eigenvalue weighted by molar-refractivity contribution is 5.89. The highest BCUT2D eigenvalue weighted by Gasteiger charge is 2.34. The highest BCUT2D eigenvalue weighted by atomic mass is 16.5. The number of nitrogens with one attached hydrogen (secondary N) is 1. The first kappa shape index (κ1) is 16.9. The summed E-state index contributed by atoms with van der Waals surface area (Å²) in [5.74, 6) is -0.487. The summed E-state index contributed by atoms with van der Waals surface area (Å²) >= 11 is 0. The van der Waals surface area contributed by atoms with Gasteiger partial charge in [0.25, 0.3) is 0 Å². The maximum absolute atomic E-state index is 12.1. The fourth-order valence-electron chi connectivity index (χ4n) is 2.26. The maximum atomic E-state index is 12.1. The van der Waals surface area contributed by atoms with Gasteiger partial charge in [-0.1, -0.05) is 13.8 Å². The van der Waals surface area contributed by atoms with Gasteiger partial charge in [0.15, 0.2) is 0 Å². The van der Waals surface area contributed by atoms with Crippen LogP contribution in [0.15, 0.2) is 0 Å². The van der Waals surface area contributed by atoms with Crippen LogP contribution in [0.2, 0.25) is 0 Å². The van der Waals surface area contributed by atoms with E-state index in [0.717, 1.165) is 0 Å². The van der Waals surface area contributed by atoms with E-state index >= 15 is 0 Å². The van der Waals surface area contributed by atoms with Crippen LogP contribution >= 0.6 is 0 Å². The van der Waals surface area contributed by atoms with Crippen LogP contribution in [0.1, 0.15) is 33.1 Å². The molecule has 0 saturated carbocycles. The predicted octanol–water partition coefficient (Wildman–Crippen LogP) is 0.149. The third-order valence-corrected chi connectivity index (χ3v) is 4.06. The average molecular weight is 286 g/mol. The van der Waals surface area contributed by atoms with Crippen molar-refractivity contribution in [1.29, 1.82) is 0 Å². The zero-order valence-corrected chi connectivity index (χ0v) is 12.6. The quantitative estimate of drug-likeness (QED) is 0.666. The summed E-state index contributed by atoms with van der Waals surface area (Å²) in [5.41, 5.74) is -0.853. The van der Waals surface area contributed by atoms with Gasteiger partial charge in [0.05, 0.1) is 18.1 Å². The normalized spacial score (nSPS) is 19.5. The van der Waals surface area contributed by atoms with Gasteiger partial charge < -0.3 is 20.1 Å². The van der Waals surface area contributed by atoms with Gasteiger partial charge in [-0.3, -0.25) is 9.59 Å². The molecule has 0 aromatic carbocycles. The lowest BCUT2D eigenvalue weighted by Crippen LogP contribution is -2.44. The van der Waals surface area contributed by atoms with E-state index in [-0.39, 0.29) is 30.7 Å². The van der Waals surface area contributed by atoms with Crippen LogP contribution in [-0.2, 0) is 14.3 Å². The Kier molecular flexibility index (Phi) is 6.42. The molecule has 1 unspecified atom stereocenters. The van der Waals surface area contributed by atoms with Crippen molar-refractivity contribution in [2.75, 3.05) is 33.4 Å². The molecule has 20 heavy (non-hydrogen) atoms. The number of aliphatic hydroxyl groups is 1. The van der Waals surface area contributed by atoms with E-state index in [2.05, 4.69) is 5.32 Å². The zero-order valence-electron chi connectivity index (χ0n) is 12.6. The molecule has 0 aromatic rings. The van der Waals surface area contributed by atoms with Crippen molar-refractivity contribution in [2.45, 2.75) is 38.7 Å². The number of rotatable bonds is 8. The molecule has 6 nitrogen and oxygen atoms in total. The van der Waals surface area contributed by atoms with Gasteiger partial charge in [-0.25, -0.2) is 0 Å². The minimum absolute atomic E-state index is 0.0107. The molecule has 0 bridgehead atoms. The number of nitrogens with zero attached hydrogens (tertiary/aromatic N) is 1. The molecule has 2 amide bonds. The van der Waals surface area contributed by atoms with Crippen molar-refractivity contribution >= 4 is 11.8 Å². The van der Waals surface area contributed by atoms with E-state index in [0.29, 0.717) is 32.5 Å². The molecule has 2 N–H and O–H groups in total. The Morgan fingerprint density at radius 3 is 2.70 bits per heavy atom. The molecule has 116 valence electrons. The monoisotopic (exact) mass is 286 g/mol. The summed E-state index contributed by atoms with van der Waals surface area (Å²) in [7, 11) is 1.58. The van der Waals surface area contributed by atoms with Gasteiger partial charge in [0, 0.05) is 33.2 Å². The lowest BCUT2D eigenvalue weighted by atomic mass is 9.97. The number of hydrogen-bond donors (Lipinski definition) is 2. The summed E-state index contributed by atoms with van der Waals surface area (Å²) in [4.78, 5) is 25.5. The van der Waals surface area contributed by atoms with Crippen molar-refractivity contribution in [1.82, 2.24) is 10.2 Å². The molecular weight excluding hydrogens is 260 g/mol. The first-order valence-electron chi connectivity index (χ1n) is 7.22. The summed E-state index contributed by atoms with van der Waals surface area (Å²) in [6, 6.07) is 0. The Bertz CT molecular complexity index is 342. The molecule has 1 rings (SSSR count). The number of carbonyl (C=O) groups is 2. The van der Waals surface area contributed by atoms with E-state index in [9.17, 15) is 14.7 Å². The van der Waals surface area contributed by atoms with E-state index in [1.165, 1.54) is 0 Å². The molecule has 1 heterocycles. The largest absolute Gasteiger partial charge is 0.388 e. The number of carbonyl (C=O) groups excluding carboxylic acids is 2. The van der Waals surface area contributed by atoms with Crippen LogP contribution in [-0.4, -0.2) is 60.8 Å². The summed E-state index contributed by atoms with van der Waals surface area (Å²) < 4.78 is 4.94. The number of hydrogen-bond acceptors (Lipinski definition) is 4. The second kappa shape index (κ2) is 7.59. The summed E-state index contributed by atoms with van der Waals surface area (Å²) in [6.45, 7) is 5.45. The predicted molar refractivity (Wildman–Crippen MR) is 75.1 cm³/mol. The number of methoxy groups -OCH3 is 1. The zero-order chi connectivity index (χ0) is 15.2. The average Bonchev–Trinajstić information content (AvgIpc) is 2.83. The van der Waals surface area contributed by atoms with Crippen molar-refractivity contribution in [3.8, 4) is 0 Å². The standard InChI is InChI=1S/C14H26N2O4/c1-4-14(19,5-2)10-15-13(18)11-8-12(17)16(9-11)6-7-20-3/h11,19H,4-10H2,1-3H3,(H,15,18). The fraction of sp³-hybridized carbons (Fsp3) is 0.857. The van der Waals surface area contributed by atoms with E-state index < -0.39 is 5.60 Å². The minimum atomic E-state index is -0.853. The lowest BCUT2D eigenvalue weighted by Gasteiger charge is -2.26. The first-order chi connectivity index (χ1) is 9.45. The SMILES string of the molecule is CCC(O)(CC)CNC(=O)C1CC(=O)N(CCOC)C1. The van der Waals surface area contributed by atoms with Crippen molar-refractivity contribution in [3.63, 3.8) is 0 Å². The van der Waals surface area contributed by atoms with Gasteiger partial charge in [-0.05, 0) is 12.8 Å². The van der Waals surface area contributed by atoms with Gasteiger partial charge in [0.2, 0.25) is 11.8 Å². The smallest absolute Gasteiger partial charge is 0.225 e. The first-order valence-corrected chi connectivity index (χ1v) is 7.22. The van der Waals surface area contributed by atoms with Crippen LogP contribution in [0.4, 0.5) is 0 Å². The van der Waals surface area contributed by atoms with Crippen LogP contribution in [0.5, 0.6) is 0 Å². The van der Waals surface area contributed by atoms with Crippen molar-refractivity contribution in [3.05, 3.63) is 0 Å². The molecule has 1 atom stereocenters. The molecule has 6 heteroatoms. The Morgan fingerprint density at radius 1 is 1.50 bits per heavy atom. The van der Waals surface area contributed by atoms with Crippen LogP contribution in [0.25, 0.3) is 0 Å². The lowest BCUT2D eigenvalue weighted by molar-refractivity contribution is -0.129. The number of ether oxygens (including phenoxy) is 1. The van der Waals surface area contributed by atoms with E-state index in [4.69, 9.17) is 4.74 Å². The molecular formula is C14H26N2O4. The molecule has 1 aliphatic heterocycles. The maximum Gasteiger partial charge on any atom is 0.225 e. The third-order valence-electron chi connectivity index (χ3n) is 4.06. The van der Waals surface area contributed by atoms with Gasteiger partial charge in [-0.2, -0.15) is 0 Å². The molecule has 0 spiro atoms. The second-order valence-electron chi connectivity index (χ2n) is 5.38. The summed E-state index contributed by atoms with van der Waals surface area (Å²) in [5, 5.41) is 12.9. The molecule has 0 aliphatic carbocycles. The molecule has 0 radical (unpaired) electrons. The van der Waals surface area contributed by atoms with Gasteiger partial charge in [-0.15, -0.1) is 0 Å².